The molecule has 1 N–H and O–H groups in total. The predicted octanol–water partition coefficient (Wildman–Crippen LogP) is 7.16. The summed E-state index contributed by atoms with van der Waals surface area (Å²) in [5, 5.41) is 5.02. The Hall–Kier alpha value is -4.90. The Labute approximate surface area is 224 Å². The minimum absolute atomic E-state index is 0.835. The summed E-state index contributed by atoms with van der Waals surface area (Å²) in [6, 6.07) is 31.0. The number of benzene rings is 4. The maximum Gasteiger partial charge on any atom is 0.0538 e. The van der Waals surface area contributed by atoms with E-state index < -0.39 is 0 Å². The van der Waals surface area contributed by atoms with Crippen molar-refractivity contribution in [2.45, 2.75) is 12.8 Å². The molecular weight excluding hydrogens is 478 g/mol. The second-order valence-corrected chi connectivity index (χ2v) is 10.6. The highest BCUT2D eigenvalue weighted by Crippen LogP contribution is 2.36. The fourth-order valence-electron chi connectivity index (χ4n) is 6.81. The van der Waals surface area contributed by atoms with Crippen LogP contribution in [0.5, 0.6) is 0 Å². The molecule has 2 aliphatic rings. The van der Waals surface area contributed by atoms with E-state index in [4.69, 9.17) is 0 Å². The summed E-state index contributed by atoms with van der Waals surface area (Å²) in [5.41, 5.74) is 12.4. The van der Waals surface area contributed by atoms with Gasteiger partial charge in [-0.15, -0.1) is 0 Å². The molecule has 7 aromatic rings. The van der Waals surface area contributed by atoms with E-state index in [9.17, 15) is 0 Å². The van der Waals surface area contributed by atoms with Gasteiger partial charge < -0.3 is 14.1 Å². The van der Waals surface area contributed by atoms with Gasteiger partial charge in [0, 0.05) is 105 Å². The van der Waals surface area contributed by atoms with Crippen LogP contribution in [0.1, 0.15) is 22.5 Å². The van der Waals surface area contributed by atoms with Crippen LogP contribution in [0.3, 0.4) is 0 Å². The van der Waals surface area contributed by atoms with Crippen LogP contribution in [0.2, 0.25) is 0 Å². The molecule has 39 heavy (non-hydrogen) atoms. The Morgan fingerprint density at radius 2 is 1.03 bits per heavy atom. The number of para-hydroxylation sites is 2. The lowest BCUT2D eigenvalue weighted by atomic mass is 10.1. The van der Waals surface area contributed by atoms with Crippen LogP contribution < -0.4 is 0 Å². The number of nitrogens with one attached hydrogen (secondary N) is 1. The summed E-state index contributed by atoms with van der Waals surface area (Å²) in [4.78, 5) is 12.8. The SMILES string of the molecule is C1=NCCc2c1c1ccccc1n2-c1ccc2[nH]c3ccc(-n4c5c(c6ccccc64)C=NCC5)cc3c2c1. The number of rotatable bonds is 2. The van der Waals surface area contributed by atoms with Gasteiger partial charge in [-0.1, -0.05) is 36.4 Å². The highest BCUT2D eigenvalue weighted by atomic mass is 15.0. The smallest absolute Gasteiger partial charge is 0.0538 e. The molecule has 186 valence electrons. The Balaban J connectivity index is 1.29. The van der Waals surface area contributed by atoms with Crippen LogP contribution in [0, 0.1) is 0 Å². The van der Waals surface area contributed by atoms with Gasteiger partial charge in [0.05, 0.1) is 11.0 Å². The van der Waals surface area contributed by atoms with Crippen molar-refractivity contribution in [3.05, 3.63) is 107 Å². The molecule has 5 heteroatoms. The Bertz CT molecular complexity index is 2030. The lowest BCUT2D eigenvalue weighted by Crippen LogP contribution is -2.07. The number of nitrogens with zero attached hydrogens (tertiary/aromatic N) is 4. The molecule has 0 amide bonds. The molecule has 0 fully saturated rings. The first-order valence-electron chi connectivity index (χ1n) is 13.7. The van der Waals surface area contributed by atoms with Crippen LogP contribution >= 0.6 is 0 Å². The van der Waals surface area contributed by atoms with Crippen molar-refractivity contribution in [1.82, 2.24) is 14.1 Å². The molecule has 0 aliphatic carbocycles. The van der Waals surface area contributed by atoms with E-state index in [1.165, 1.54) is 66.5 Å². The minimum atomic E-state index is 0.835. The Morgan fingerprint density at radius 3 is 1.54 bits per heavy atom. The zero-order chi connectivity index (χ0) is 25.5. The molecule has 3 aromatic heterocycles. The van der Waals surface area contributed by atoms with Crippen molar-refractivity contribution >= 4 is 56.0 Å². The van der Waals surface area contributed by atoms with Crippen LogP contribution in [-0.2, 0) is 12.8 Å². The van der Waals surface area contributed by atoms with Gasteiger partial charge >= 0.3 is 0 Å². The number of aromatic amines is 1. The zero-order valence-electron chi connectivity index (χ0n) is 21.4. The number of aromatic nitrogens is 3. The molecule has 0 radical (unpaired) electrons. The summed E-state index contributed by atoms with van der Waals surface area (Å²) in [5.74, 6) is 0. The van der Waals surface area contributed by atoms with Crippen LogP contribution in [0.4, 0.5) is 0 Å². The maximum atomic E-state index is 4.59. The first kappa shape index (κ1) is 21.1. The van der Waals surface area contributed by atoms with Gasteiger partial charge in [-0.2, -0.15) is 0 Å². The highest BCUT2D eigenvalue weighted by Gasteiger charge is 2.21. The molecule has 0 spiro atoms. The molecule has 0 saturated carbocycles. The molecule has 9 rings (SSSR count). The average Bonchev–Trinajstić information content (AvgIpc) is 3.64. The van der Waals surface area contributed by atoms with Crippen molar-refractivity contribution in [1.29, 1.82) is 0 Å². The molecule has 5 heterocycles. The monoisotopic (exact) mass is 503 g/mol. The van der Waals surface area contributed by atoms with Crippen LogP contribution in [0.25, 0.3) is 55.0 Å². The van der Waals surface area contributed by atoms with Gasteiger partial charge in [0.25, 0.3) is 0 Å². The summed E-state index contributed by atoms with van der Waals surface area (Å²) >= 11 is 0. The summed E-state index contributed by atoms with van der Waals surface area (Å²) in [6.45, 7) is 1.67. The lowest BCUT2D eigenvalue weighted by molar-refractivity contribution is 0.875. The third-order valence-corrected chi connectivity index (χ3v) is 8.51. The fourth-order valence-corrected chi connectivity index (χ4v) is 6.81. The predicted molar refractivity (Wildman–Crippen MR) is 162 cm³/mol. The topological polar surface area (TPSA) is 50.4 Å². The molecule has 0 saturated heterocycles. The molecule has 0 unspecified atom stereocenters. The third-order valence-electron chi connectivity index (χ3n) is 8.51. The summed E-state index contributed by atoms with van der Waals surface area (Å²) in [6.07, 6.45) is 6.01. The Morgan fingerprint density at radius 1 is 0.538 bits per heavy atom. The number of fused-ring (bicyclic) bond motifs is 9. The van der Waals surface area contributed by atoms with Gasteiger partial charge in [0.1, 0.15) is 0 Å². The van der Waals surface area contributed by atoms with Crippen molar-refractivity contribution in [2.75, 3.05) is 13.1 Å². The molecule has 4 aromatic carbocycles. The summed E-state index contributed by atoms with van der Waals surface area (Å²) in [7, 11) is 0. The molecule has 5 nitrogen and oxygen atoms in total. The quantitative estimate of drug-likeness (QED) is 0.260. The number of aliphatic imine (C=N–C) groups is 2. The number of hydrogen-bond donors (Lipinski definition) is 1. The maximum absolute atomic E-state index is 4.59. The van der Waals surface area contributed by atoms with Gasteiger partial charge in [0.15, 0.2) is 0 Å². The number of H-pyrrole nitrogens is 1. The van der Waals surface area contributed by atoms with Crippen LogP contribution in [-0.4, -0.2) is 39.6 Å². The van der Waals surface area contributed by atoms with E-state index in [0.29, 0.717) is 0 Å². The van der Waals surface area contributed by atoms with Gasteiger partial charge in [-0.3, -0.25) is 9.98 Å². The molecule has 0 bridgehead atoms. The fraction of sp³-hybridized carbons (Fsp3) is 0.118. The van der Waals surface area contributed by atoms with Gasteiger partial charge in [-0.05, 0) is 48.5 Å². The Kier molecular flexibility index (Phi) is 4.22. The molecular formula is C34H25N5. The molecule has 0 atom stereocenters. The lowest BCUT2D eigenvalue weighted by Gasteiger charge is -2.14. The average molecular weight is 504 g/mol. The van der Waals surface area contributed by atoms with E-state index in [1.807, 2.05) is 0 Å². The van der Waals surface area contributed by atoms with E-state index >= 15 is 0 Å². The zero-order valence-corrected chi connectivity index (χ0v) is 21.4. The molecule has 2 aliphatic heterocycles. The largest absolute Gasteiger partial charge is 0.355 e. The number of hydrogen-bond acceptors (Lipinski definition) is 2. The summed E-state index contributed by atoms with van der Waals surface area (Å²) < 4.78 is 4.88. The van der Waals surface area contributed by atoms with Gasteiger partial charge in [0.2, 0.25) is 0 Å². The van der Waals surface area contributed by atoms with Crippen molar-refractivity contribution in [2.24, 2.45) is 9.98 Å². The highest BCUT2D eigenvalue weighted by molar-refractivity contribution is 6.10. The van der Waals surface area contributed by atoms with Crippen molar-refractivity contribution < 1.29 is 0 Å². The van der Waals surface area contributed by atoms with E-state index in [0.717, 1.165) is 37.0 Å². The first-order valence-corrected chi connectivity index (χ1v) is 13.7. The van der Waals surface area contributed by atoms with E-state index in [2.05, 4.69) is 121 Å². The second-order valence-electron chi connectivity index (χ2n) is 10.6. The first-order chi connectivity index (χ1) is 19.3. The minimum Gasteiger partial charge on any atom is -0.355 e. The third kappa shape index (κ3) is 2.90. The van der Waals surface area contributed by atoms with Crippen molar-refractivity contribution in [3.8, 4) is 11.4 Å². The van der Waals surface area contributed by atoms with Crippen molar-refractivity contribution in [3.63, 3.8) is 0 Å². The van der Waals surface area contributed by atoms with Gasteiger partial charge in [-0.25, -0.2) is 0 Å². The standard InChI is InChI=1S/C34H25N5/c1-3-7-31-23(5-1)27-19-35-15-13-33(27)38(31)21-9-11-29-25(17-21)26-18-22(10-12-30(26)37-29)39-32-8-4-2-6-24(32)28-20-36-16-14-34(28)39/h1-12,17-20,37H,13-16H2. The van der Waals surface area contributed by atoms with E-state index in [-0.39, 0.29) is 0 Å². The van der Waals surface area contributed by atoms with E-state index in [1.54, 1.807) is 0 Å². The van der Waals surface area contributed by atoms with Crippen LogP contribution in [0.15, 0.2) is 94.9 Å². The second kappa shape index (κ2) is 7.81. The normalized spacial score (nSPS) is 14.6.